The summed E-state index contributed by atoms with van der Waals surface area (Å²) in [5, 5.41) is 9.22. The second kappa shape index (κ2) is 5.66. The van der Waals surface area contributed by atoms with Crippen LogP contribution in [0.4, 0.5) is 15.8 Å². The molecule has 2 amide bonds. The molecule has 2 aliphatic heterocycles. The van der Waals surface area contributed by atoms with Crippen LogP contribution < -0.4 is 14.6 Å². The first-order chi connectivity index (χ1) is 12.1. The third-order valence-corrected chi connectivity index (χ3v) is 4.20. The monoisotopic (exact) mass is 340 g/mol. The van der Waals surface area contributed by atoms with E-state index in [1.54, 1.807) is 24.3 Å². The summed E-state index contributed by atoms with van der Waals surface area (Å²) >= 11 is 0. The highest BCUT2D eigenvalue weighted by Crippen LogP contribution is 2.35. The Kier molecular flexibility index (Phi) is 3.45. The second-order valence-corrected chi connectivity index (χ2v) is 5.63. The van der Waals surface area contributed by atoms with Crippen LogP contribution in [0.15, 0.2) is 58.9 Å². The summed E-state index contributed by atoms with van der Waals surface area (Å²) in [7, 11) is 1.53. The molecule has 0 saturated carbocycles. The Morgan fingerprint density at radius 1 is 0.960 bits per heavy atom. The molecule has 2 aromatic rings. The average molecular weight is 340 g/mol. The standard InChI is InChI=1S/C17H13FN4O3/c1-25-13-8-6-11(7-9-13)21-16(23)14-15(17(21)24)22(20-19-14)12-4-2-10(18)3-5-12/h2-9,14-15H,1H3. The van der Waals surface area contributed by atoms with Gasteiger partial charge in [-0.15, -0.1) is 0 Å². The molecular formula is C17H13FN4O3. The highest BCUT2D eigenvalue weighted by Gasteiger charge is 2.55. The van der Waals surface area contributed by atoms with Gasteiger partial charge in [-0.05, 0) is 48.5 Å². The molecule has 0 aliphatic carbocycles. The van der Waals surface area contributed by atoms with E-state index in [4.69, 9.17) is 4.74 Å². The average Bonchev–Trinajstić information content (AvgIpc) is 3.17. The normalized spacial score (nSPS) is 21.8. The molecule has 0 aromatic heterocycles. The first-order valence-corrected chi connectivity index (χ1v) is 7.57. The van der Waals surface area contributed by atoms with E-state index in [-0.39, 0.29) is 0 Å². The first kappa shape index (κ1) is 15.3. The number of fused-ring (bicyclic) bond motifs is 1. The molecule has 1 fully saturated rings. The van der Waals surface area contributed by atoms with Gasteiger partial charge in [-0.3, -0.25) is 9.59 Å². The molecule has 2 aliphatic rings. The van der Waals surface area contributed by atoms with Crippen molar-refractivity contribution in [1.29, 1.82) is 0 Å². The highest BCUT2D eigenvalue weighted by molar-refractivity contribution is 6.26. The number of carbonyl (C=O) groups excluding carboxylic acids is 2. The minimum atomic E-state index is -0.903. The Morgan fingerprint density at radius 2 is 1.60 bits per heavy atom. The summed E-state index contributed by atoms with van der Waals surface area (Å²) < 4.78 is 18.2. The van der Waals surface area contributed by atoms with Crippen molar-refractivity contribution in [2.45, 2.75) is 12.1 Å². The van der Waals surface area contributed by atoms with Gasteiger partial charge in [0.1, 0.15) is 11.6 Å². The number of hydrogen-bond acceptors (Lipinski definition) is 6. The predicted molar refractivity (Wildman–Crippen MR) is 86.8 cm³/mol. The summed E-state index contributed by atoms with van der Waals surface area (Å²) in [5.41, 5.74) is 0.940. The molecule has 126 valence electrons. The zero-order chi connectivity index (χ0) is 17.6. The molecule has 0 bridgehead atoms. The van der Waals surface area contributed by atoms with Gasteiger partial charge in [-0.2, -0.15) is 5.11 Å². The summed E-state index contributed by atoms with van der Waals surface area (Å²) in [5.74, 6) is -0.635. The fourth-order valence-corrected chi connectivity index (χ4v) is 2.95. The number of hydrogen-bond donors (Lipinski definition) is 0. The number of benzene rings is 2. The van der Waals surface area contributed by atoms with Gasteiger partial charge in [-0.25, -0.2) is 14.3 Å². The number of nitrogens with zero attached hydrogens (tertiary/aromatic N) is 4. The van der Waals surface area contributed by atoms with Crippen LogP contribution in [-0.2, 0) is 9.59 Å². The summed E-state index contributed by atoms with van der Waals surface area (Å²) in [6, 6.07) is 10.4. The van der Waals surface area contributed by atoms with Crippen molar-refractivity contribution < 1.29 is 18.7 Å². The first-order valence-electron chi connectivity index (χ1n) is 7.57. The highest BCUT2D eigenvalue weighted by atomic mass is 19.1. The third-order valence-electron chi connectivity index (χ3n) is 4.20. The van der Waals surface area contributed by atoms with Crippen LogP contribution in [0.1, 0.15) is 0 Å². The minimum Gasteiger partial charge on any atom is -0.497 e. The van der Waals surface area contributed by atoms with E-state index in [1.807, 2.05) is 0 Å². The number of carbonyl (C=O) groups is 2. The Hall–Kier alpha value is -3.29. The predicted octanol–water partition coefficient (Wildman–Crippen LogP) is 2.33. The zero-order valence-corrected chi connectivity index (χ0v) is 13.2. The van der Waals surface area contributed by atoms with Crippen molar-refractivity contribution in [2.75, 3.05) is 17.0 Å². The molecule has 0 N–H and O–H groups in total. The lowest BCUT2D eigenvalue weighted by Crippen LogP contribution is -2.39. The maximum Gasteiger partial charge on any atom is 0.263 e. The molecule has 2 aromatic carbocycles. The molecule has 2 atom stereocenters. The minimum absolute atomic E-state index is 0.398. The van der Waals surface area contributed by atoms with E-state index in [1.165, 1.54) is 36.4 Å². The Bertz CT molecular complexity index is 866. The van der Waals surface area contributed by atoms with Gasteiger partial charge < -0.3 is 4.74 Å². The fraction of sp³-hybridized carbons (Fsp3) is 0.176. The van der Waals surface area contributed by atoms with Crippen LogP contribution in [0.25, 0.3) is 0 Å². The van der Waals surface area contributed by atoms with Gasteiger partial charge >= 0.3 is 0 Å². The third kappa shape index (κ3) is 2.34. The summed E-state index contributed by atoms with van der Waals surface area (Å²) in [6.45, 7) is 0. The lowest BCUT2D eigenvalue weighted by Gasteiger charge is -2.20. The number of amides is 2. The molecule has 25 heavy (non-hydrogen) atoms. The number of methoxy groups -OCH3 is 1. The van der Waals surface area contributed by atoms with Crippen LogP contribution in [0.3, 0.4) is 0 Å². The van der Waals surface area contributed by atoms with Gasteiger partial charge in [0.25, 0.3) is 11.8 Å². The number of ether oxygens (including phenoxy) is 1. The maximum atomic E-state index is 13.1. The molecule has 4 rings (SSSR count). The zero-order valence-electron chi connectivity index (χ0n) is 13.2. The fourth-order valence-electron chi connectivity index (χ4n) is 2.95. The molecule has 7 nitrogen and oxygen atoms in total. The molecular weight excluding hydrogens is 327 g/mol. The van der Waals surface area contributed by atoms with Crippen LogP contribution >= 0.6 is 0 Å². The Balaban J connectivity index is 1.66. The van der Waals surface area contributed by atoms with E-state index < -0.39 is 29.7 Å². The lowest BCUT2D eigenvalue weighted by atomic mass is 10.1. The van der Waals surface area contributed by atoms with Gasteiger partial charge in [0.2, 0.25) is 0 Å². The Morgan fingerprint density at radius 3 is 2.24 bits per heavy atom. The number of rotatable bonds is 3. The molecule has 1 saturated heterocycles. The Labute approximate surface area is 142 Å². The van der Waals surface area contributed by atoms with E-state index in [0.717, 1.165) is 4.90 Å². The quantitative estimate of drug-likeness (QED) is 0.804. The van der Waals surface area contributed by atoms with Crippen molar-refractivity contribution in [3.63, 3.8) is 0 Å². The van der Waals surface area contributed by atoms with Gasteiger partial charge in [0, 0.05) is 0 Å². The van der Waals surface area contributed by atoms with Crippen LogP contribution in [0, 0.1) is 5.82 Å². The molecule has 0 radical (unpaired) electrons. The molecule has 2 heterocycles. The topological polar surface area (TPSA) is 74.6 Å². The number of anilines is 2. The van der Waals surface area contributed by atoms with Crippen molar-refractivity contribution in [3.05, 3.63) is 54.3 Å². The van der Waals surface area contributed by atoms with Crippen molar-refractivity contribution in [2.24, 2.45) is 10.3 Å². The number of imide groups is 1. The molecule has 2 unspecified atom stereocenters. The van der Waals surface area contributed by atoms with Crippen molar-refractivity contribution in [1.82, 2.24) is 0 Å². The second-order valence-electron chi connectivity index (χ2n) is 5.63. The van der Waals surface area contributed by atoms with Gasteiger partial charge in [-0.1, -0.05) is 5.22 Å². The number of halogens is 1. The van der Waals surface area contributed by atoms with Crippen LogP contribution in [0.2, 0.25) is 0 Å². The van der Waals surface area contributed by atoms with Crippen LogP contribution in [0.5, 0.6) is 5.75 Å². The SMILES string of the molecule is COc1ccc(N2C(=O)C3N=NN(c4ccc(F)cc4)C3C2=O)cc1. The largest absolute Gasteiger partial charge is 0.497 e. The molecule has 0 spiro atoms. The lowest BCUT2D eigenvalue weighted by molar-refractivity contribution is -0.121. The van der Waals surface area contributed by atoms with Gasteiger partial charge in [0.15, 0.2) is 12.1 Å². The smallest absolute Gasteiger partial charge is 0.263 e. The van der Waals surface area contributed by atoms with Crippen molar-refractivity contribution in [3.8, 4) is 5.75 Å². The summed E-state index contributed by atoms with van der Waals surface area (Å²) in [6.07, 6.45) is 0. The maximum absolute atomic E-state index is 13.1. The van der Waals surface area contributed by atoms with E-state index in [0.29, 0.717) is 17.1 Å². The van der Waals surface area contributed by atoms with Gasteiger partial charge in [0.05, 0.1) is 18.5 Å². The van der Waals surface area contributed by atoms with E-state index in [2.05, 4.69) is 10.3 Å². The van der Waals surface area contributed by atoms with Crippen LogP contribution in [-0.4, -0.2) is 31.0 Å². The molecule has 8 heteroatoms. The van der Waals surface area contributed by atoms with E-state index >= 15 is 0 Å². The van der Waals surface area contributed by atoms with Crippen molar-refractivity contribution >= 4 is 23.2 Å². The summed E-state index contributed by atoms with van der Waals surface area (Å²) in [4.78, 5) is 26.6. The van der Waals surface area contributed by atoms with E-state index in [9.17, 15) is 14.0 Å².